The Kier molecular flexibility index (Phi) is 5.64. The summed E-state index contributed by atoms with van der Waals surface area (Å²) in [6.07, 6.45) is 0.924. The van der Waals surface area contributed by atoms with Gasteiger partial charge in [-0.1, -0.05) is 48.0 Å². The van der Waals surface area contributed by atoms with Gasteiger partial charge in [0.2, 0.25) is 5.91 Å². The molecule has 2 aromatic carbocycles. The van der Waals surface area contributed by atoms with Crippen LogP contribution in [0.1, 0.15) is 34.6 Å². The Hall–Kier alpha value is -2.00. The Labute approximate surface area is 155 Å². The molecule has 1 heterocycles. The lowest BCUT2D eigenvalue weighted by Crippen LogP contribution is -2.33. The molecular weight excluding hydrogens is 332 g/mol. The Morgan fingerprint density at radius 1 is 1.24 bits per heavy atom. The first-order valence-electron chi connectivity index (χ1n) is 8.84. The number of hydrogen-bond donors (Lipinski definition) is 1. The van der Waals surface area contributed by atoms with Gasteiger partial charge in [-0.25, -0.2) is 0 Å². The second-order valence-corrected chi connectivity index (χ2v) is 7.14. The van der Waals surface area contributed by atoms with Gasteiger partial charge in [0.25, 0.3) is 0 Å². The molecule has 1 aliphatic heterocycles. The largest absolute Gasteiger partial charge is 0.370 e. The lowest BCUT2D eigenvalue weighted by molar-refractivity contribution is -0.122. The van der Waals surface area contributed by atoms with Crippen molar-refractivity contribution in [1.29, 1.82) is 0 Å². The summed E-state index contributed by atoms with van der Waals surface area (Å²) >= 11 is 5.87. The van der Waals surface area contributed by atoms with Crippen molar-refractivity contribution in [3.05, 3.63) is 64.7 Å². The molecule has 25 heavy (non-hydrogen) atoms. The summed E-state index contributed by atoms with van der Waals surface area (Å²) in [5.41, 5.74) is 5.91. The maximum atomic E-state index is 12.8. The molecule has 3 nitrogen and oxygen atoms in total. The van der Waals surface area contributed by atoms with Crippen molar-refractivity contribution in [1.82, 2.24) is 5.32 Å². The third-order valence-corrected chi connectivity index (χ3v) is 5.06. The molecule has 2 aromatic rings. The van der Waals surface area contributed by atoms with Crippen LogP contribution in [0.25, 0.3) is 0 Å². The summed E-state index contributed by atoms with van der Waals surface area (Å²) in [5.74, 6) is 0.624. The van der Waals surface area contributed by atoms with Crippen molar-refractivity contribution < 1.29 is 4.79 Å². The van der Waals surface area contributed by atoms with E-state index in [4.69, 9.17) is 11.6 Å². The topological polar surface area (TPSA) is 32.3 Å². The number of aryl methyl sites for hydroxylation is 2. The molecule has 0 bridgehead atoms. The van der Waals surface area contributed by atoms with Crippen molar-refractivity contribution >= 4 is 23.2 Å². The number of fused-ring (bicyclic) bond motifs is 1. The number of nitrogens with one attached hydrogen (secondary N) is 1. The zero-order valence-corrected chi connectivity index (χ0v) is 15.6. The molecule has 1 atom stereocenters. The molecule has 1 N–H and O–H groups in total. The van der Waals surface area contributed by atoms with E-state index < -0.39 is 0 Å². The first-order chi connectivity index (χ1) is 12.1. The number of carbonyl (C=O) groups is 1. The van der Waals surface area contributed by atoms with E-state index in [2.05, 4.69) is 48.3 Å². The van der Waals surface area contributed by atoms with E-state index in [9.17, 15) is 4.79 Å². The molecule has 0 saturated carbocycles. The average Bonchev–Trinajstić information content (AvgIpc) is 2.98. The third kappa shape index (κ3) is 3.98. The predicted molar refractivity (Wildman–Crippen MR) is 104 cm³/mol. The lowest BCUT2D eigenvalue weighted by Gasteiger charge is -2.20. The molecule has 0 radical (unpaired) electrons. The predicted octanol–water partition coefficient (Wildman–Crippen LogP) is 4.15. The molecule has 1 aliphatic rings. The van der Waals surface area contributed by atoms with Gasteiger partial charge in [-0.3, -0.25) is 4.79 Å². The highest BCUT2D eigenvalue weighted by Crippen LogP contribution is 2.38. The van der Waals surface area contributed by atoms with E-state index >= 15 is 0 Å². The third-order valence-electron chi connectivity index (χ3n) is 4.79. The number of halogens is 1. The van der Waals surface area contributed by atoms with Crippen LogP contribution in [0.5, 0.6) is 0 Å². The molecule has 4 heteroatoms. The molecular formula is C21H25ClN2O. The lowest BCUT2D eigenvalue weighted by atomic mass is 9.98. The number of benzene rings is 2. The fourth-order valence-corrected chi connectivity index (χ4v) is 3.74. The highest BCUT2D eigenvalue weighted by molar-refractivity contribution is 6.17. The van der Waals surface area contributed by atoms with Crippen molar-refractivity contribution in [3.63, 3.8) is 0 Å². The van der Waals surface area contributed by atoms with E-state index in [1.165, 1.54) is 16.8 Å². The van der Waals surface area contributed by atoms with Crippen molar-refractivity contribution in [2.24, 2.45) is 0 Å². The van der Waals surface area contributed by atoms with Crippen LogP contribution in [0.4, 0.5) is 5.69 Å². The number of alkyl halides is 1. The van der Waals surface area contributed by atoms with Crippen molar-refractivity contribution in [3.8, 4) is 0 Å². The normalized spacial score (nSPS) is 16.0. The highest BCUT2D eigenvalue weighted by atomic mass is 35.5. The van der Waals surface area contributed by atoms with Crippen LogP contribution >= 0.6 is 11.6 Å². The number of amides is 1. The summed E-state index contributed by atoms with van der Waals surface area (Å²) in [5, 5.41) is 3.11. The number of nitrogens with zero attached hydrogens (tertiary/aromatic N) is 1. The minimum atomic E-state index is -0.116. The minimum absolute atomic E-state index is 0.0988. The van der Waals surface area contributed by atoms with Crippen LogP contribution in [-0.2, 0) is 11.3 Å². The molecule has 132 valence electrons. The standard InChI is InChI=1S/C21H25ClN2O/c1-15-6-3-8-17(12-15)13-23-21(25)19-14-24(11-5-10-22)20-16(2)7-4-9-18(19)20/h3-4,6-9,12,19H,5,10-11,13-14H2,1-2H3,(H,23,25). The van der Waals surface area contributed by atoms with E-state index in [-0.39, 0.29) is 11.8 Å². The number of carbonyl (C=O) groups excluding carboxylic acids is 1. The minimum Gasteiger partial charge on any atom is -0.370 e. The average molecular weight is 357 g/mol. The van der Waals surface area contributed by atoms with Gasteiger partial charge in [-0.15, -0.1) is 11.6 Å². The Morgan fingerprint density at radius 2 is 2.04 bits per heavy atom. The first kappa shape index (κ1) is 17.8. The molecule has 1 unspecified atom stereocenters. The molecule has 3 rings (SSSR count). The monoisotopic (exact) mass is 356 g/mol. The smallest absolute Gasteiger partial charge is 0.229 e. The van der Waals surface area contributed by atoms with E-state index in [1.807, 2.05) is 18.2 Å². The van der Waals surface area contributed by atoms with Crippen LogP contribution in [0.3, 0.4) is 0 Å². The maximum absolute atomic E-state index is 12.8. The van der Waals surface area contributed by atoms with Crippen LogP contribution in [0, 0.1) is 13.8 Å². The van der Waals surface area contributed by atoms with Gasteiger partial charge in [0.15, 0.2) is 0 Å². The van der Waals surface area contributed by atoms with E-state index in [0.29, 0.717) is 12.4 Å². The van der Waals surface area contributed by atoms with Gasteiger partial charge in [0.1, 0.15) is 0 Å². The molecule has 0 aromatic heterocycles. The van der Waals surface area contributed by atoms with E-state index in [1.54, 1.807) is 0 Å². The number of anilines is 1. The Morgan fingerprint density at radius 3 is 2.80 bits per heavy atom. The summed E-state index contributed by atoms with van der Waals surface area (Å²) in [6, 6.07) is 14.5. The Balaban J connectivity index is 1.74. The van der Waals surface area contributed by atoms with Crippen LogP contribution in [0.2, 0.25) is 0 Å². The van der Waals surface area contributed by atoms with Gasteiger partial charge >= 0.3 is 0 Å². The van der Waals surface area contributed by atoms with Crippen LogP contribution < -0.4 is 10.2 Å². The summed E-state index contributed by atoms with van der Waals surface area (Å²) in [6.45, 7) is 6.37. The number of hydrogen-bond acceptors (Lipinski definition) is 2. The zero-order valence-electron chi connectivity index (χ0n) is 14.9. The fraction of sp³-hybridized carbons (Fsp3) is 0.381. The summed E-state index contributed by atoms with van der Waals surface area (Å²) in [4.78, 5) is 15.1. The zero-order chi connectivity index (χ0) is 17.8. The number of rotatable bonds is 6. The van der Waals surface area contributed by atoms with Gasteiger partial charge in [0.05, 0.1) is 5.92 Å². The van der Waals surface area contributed by atoms with Crippen molar-refractivity contribution in [2.75, 3.05) is 23.9 Å². The Bertz CT molecular complexity index is 759. The molecule has 0 spiro atoms. The first-order valence-corrected chi connectivity index (χ1v) is 9.37. The molecule has 0 aliphatic carbocycles. The molecule has 0 saturated heterocycles. The second-order valence-electron chi connectivity index (χ2n) is 6.76. The second kappa shape index (κ2) is 7.92. The quantitative estimate of drug-likeness (QED) is 0.788. The SMILES string of the molecule is Cc1cccc(CNC(=O)C2CN(CCCCl)c3c(C)cccc32)c1. The maximum Gasteiger partial charge on any atom is 0.229 e. The highest BCUT2D eigenvalue weighted by Gasteiger charge is 2.34. The molecule has 0 fully saturated rings. The van der Waals surface area contributed by atoms with Crippen LogP contribution in [-0.4, -0.2) is 24.9 Å². The van der Waals surface area contributed by atoms with Gasteiger partial charge < -0.3 is 10.2 Å². The van der Waals surface area contributed by atoms with E-state index in [0.717, 1.165) is 30.6 Å². The van der Waals surface area contributed by atoms with Crippen LogP contribution in [0.15, 0.2) is 42.5 Å². The summed E-state index contributed by atoms with van der Waals surface area (Å²) in [7, 11) is 0. The fourth-order valence-electron chi connectivity index (χ4n) is 3.62. The van der Waals surface area contributed by atoms with Crippen molar-refractivity contribution in [2.45, 2.75) is 32.7 Å². The molecule has 1 amide bonds. The van der Waals surface area contributed by atoms with Gasteiger partial charge in [-0.05, 0) is 37.0 Å². The number of para-hydroxylation sites is 1. The van der Waals surface area contributed by atoms with Gasteiger partial charge in [-0.2, -0.15) is 0 Å². The summed E-state index contributed by atoms with van der Waals surface area (Å²) < 4.78 is 0. The van der Waals surface area contributed by atoms with Gasteiger partial charge in [0, 0.05) is 31.2 Å².